The molecule has 0 N–H and O–H groups in total. The van der Waals surface area contributed by atoms with Crippen LogP contribution < -0.4 is 9.47 Å². The van der Waals surface area contributed by atoms with Gasteiger partial charge in [0.15, 0.2) is 11.5 Å². The first kappa shape index (κ1) is 15.5. The van der Waals surface area contributed by atoms with Gasteiger partial charge in [0.1, 0.15) is 22.2 Å². The Kier molecular flexibility index (Phi) is 4.04. The van der Waals surface area contributed by atoms with Crippen LogP contribution in [0.15, 0.2) is 72.9 Å². The standard InChI is InChI=1S/C20H15ClN2O2/c1-24-17-13-14(10-11-16(17)25-15-7-3-2-4-8-15)19-20(21)23-12-6-5-9-18(23)22-19/h2-13H,1H3. The monoisotopic (exact) mass is 350 g/mol. The van der Waals surface area contributed by atoms with E-state index in [0.29, 0.717) is 22.3 Å². The van der Waals surface area contributed by atoms with E-state index in [1.54, 1.807) is 7.11 Å². The van der Waals surface area contributed by atoms with Crippen molar-refractivity contribution >= 4 is 17.2 Å². The van der Waals surface area contributed by atoms with Crippen LogP contribution in [0.25, 0.3) is 16.9 Å². The molecule has 0 radical (unpaired) electrons. The average molecular weight is 351 g/mol. The van der Waals surface area contributed by atoms with Crippen LogP contribution in [0.4, 0.5) is 0 Å². The fourth-order valence-corrected chi connectivity index (χ4v) is 2.96. The minimum atomic E-state index is 0.564. The van der Waals surface area contributed by atoms with Crippen molar-refractivity contribution in [2.75, 3.05) is 7.11 Å². The number of rotatable bonds is 4. The molecular formula is C20H15ClN2O2. The summed E-state index contributed by atoms with van der Waals surface area (Å²) in [6.45, 7) is 0. The smallest absolute Gasteiger partial charge is 0.169 e. The van der Waals surface area contributed by atoms with Gasteiger partial charge in [0.05, 0.1) is 7.11 Å². The third-order valence-corrected chi connectivity index (χ3v) is 4.24. The fourth-order valence-electron chi connectivity index (χ4n) is 2.66. The van der Waals surface area contributed by atoms with E-state index < -0.39 is 0 Å². The zero-order chi connectivity index (χ0) is 17.2. The van der Waals surface area contributed by atoms with E-state index in [1.807, 2.05) is 77.3 Å². The molecule has 124 valence electrons. The van der Waals surface area contributed by atoms with E-state index in [0.717, 1.165) is 17.0 Å². The minimum Gasteiger partial charge on any atom is -0.493 e. The molecule has 0 aliphatic heterocycles. The molecule has 0 amide bonds. The molecular weight excluding hydrogens is 336 g/mol. The summed E-state index contributed by atoms with van der Waals surface area (Å²) in [5.74, 6) is 2.01. The Morgan fingerprint density at radius 1 is 0.920 bits per heavy atom. The number of halogens is 1. The van der Waals surface area contributed by atoms with Gasteiger partial charge in [-0.1, -0.05) is 35.9 Å². The molecule has 25 heavy (non-hydrogen) atoms. The van der Waals surface area contributed by atoms with Gasteiger partial charge in [-0.15, -0.1) is 0 Å². The van der Waals surface area contributed by atoms with Gasteiger partial charge >= 0.3 is 0 Å². The average Bonchev–Trinajstić information content (AvgIpc) is 3.00. The van der Waals surface area contributed by atoms with Crippen molar-refractivity contribution in [1.82, 2.24) is 9.38 Å². The Morgan fingerprint density at radius 2 is 1.72 bits per heavy atom. The summed E-state index contributed by atoms with van der Waals surface area (Å²) >= 11 is 6.49. The van der Waals surface area contributed by atoms with Crippen LogP contribution >= 0.6 is 11.6 Å². The van der Waals surface area contributed by atoms with E-state index in [-0.39, 0.29) is 0 Å². The van der Waals surface area contributed by atoms with Crippen LogP contribution in [0.5, 0.6) is 17.2 Å². The van der Waals surface area contributed by atoms with Crippen molar-refractivity contribution in [2.24, 2.45) is 0 Å². The van der Waals surface area contributed by atoms with E-state index in [2.05, 4.69) is 4.98 Å². The molecule has 0 aliphatic carbocycles. The molecule has 2 aromatic heterocycles. The number of methoxy groups -OCH3 is 1. The Bertz CT molecular complexity index is 1030. The van der Waals surface area contributed by atoms with Gasteiger partial charge in [0.2, 0.25) is 0 Å². The lowest BCUT2D eigenvalue weighted by Gasteiger charge is -2.11. The molecule has 0 unspecified atom stereocenters. The van der Waals surface area contributed by atoms with Crippen LogP contribution in [0, 0.1) is 0 Å². The van der Waals surface area contributed by atoms with Gasteiger partial charge in [-0.25, -0.2) is 4.98 Å². The maximum Gasteiger partial charge on any atom is 0.169 e. The van der Waals surface area contributed by atoms with Crippen LogP contribution in [-0.4, -0.2) is 16.5 Å². The molecule has 5 heteroatoms. The Hall–Kier alpha value is -2.98. The molecule has 0 bridgehead atoms. The predicted octanol–water partition coefficient (Wildman–Crippen LogP) is 5.46. The van der Waals surface area contributed by atoms with Gasteiger partial charge < -0.3 is 9.47 Å². The first-order valence-electron chi connectivity index (χ1n) is 7.80. The second-order valence-electron chi connectivity index (χ2n) is 5.46. The number of aromatic nitrogens is 2. The number of para-hydroxylation sites is 1. The molecule has 0 saturated heterocycles. The summed E-state index contributed by atoms with van der Waals surface area (Å²) in [6.07, 6.45) is 1.89. The van der Waals surface area contributed by atoms with Gasteiger partial charge in [-0.3, -0.25) is 4.40 Å². The first-order valence-corrected chi connectivity index (χ1v) is 8.18. The number of hydrogen-bond acceptors (Lipinski definition) is 3. The maximum absolute atomic E-state index is 6.49. The summed E-state index contributed by atoms with van der Waals surface area (Å²) in [6, 6.07) is 21.0. The van der Waals surface area contributed by atoms with E-state index in [1.165, 1.54) is 0 Å². The third-order valence-electron chi connectivity index (χ3n) is 3.88. The van der Waals surface area contributed by atoms with Crippen molar-refractivity contribution in [1.29, 1.82) is 0 Å². The number of imidazole rings is 1. The number of hydrogen-bond donors (Lipinski definition) is 0. The van der Waals surface area contributed by atoms with Crippen molar-refractivity contribution in [3.8, 4) is 28.5 Å². The highest BCUT2D eigenvalue weighted by Gasteiger charge is 2.15. The second-order valence-corrected chi connectivity index (χ2v) is 5.82. The predicted molar refractivity (Wildman–Crippen MR) is 98.7 cm³/mol. The minimum absolute atomic E-state index is 0.564. The normalized spacial score (nSPS) is 10.8. The molecule has 0 aliphatic rings. The van der Waals surface area contributed by atoms with Gasteiger partial charge in [-0.2, -0.15) is 0 Å². The molecule has 4 aromatic rings. The highest BCUT2D eigenvalue weighted by Crippen LogP contribution is 2.37. The number of benzene rings is 2. The molecule has 4 nitrogen and oxygen atoms in total. The third kappa shape index (κ3) is 2.92. The fraction of sp³-hybridized carbons (Fsp3) is 0.0500. The quantitative estimate of drug-likeness (QED) is 0.490. The topological polar surface area (TPSA) is 35.8 Å². The lowest BCUT2D eigenvalue weighted by Crippen LogP contribution is -1.91. The SMILES string of the molecule is COc1cc(-c2nc3ccccn3c2Cl)ccc1Oc1ccccc1. The van der Waals surface area contributed by atoms with Crippen molar-refractivity contribution < 1.29 is 9.47 Å². The van der Waals surface area contributed by atoms with Crippen LogP contribution in [0.3, 0.4) is 0 Å². The van der Waals surface area contributed by atoms with Crippen molar-refractivity contribution in [3.05, 3.63) is 78.1 Å². The summed E-state index contributed by atoms with van der Waals surface area (Å²) in [7, 11) is 1.61. The molecule has 0 atom stereocenters. The lowest BCUT2D eigenvalue weighted by atomic mass is 10.1. The molecule has 2 aromatic carbocycles. The Balaban J connectivity index is 1.75. The highest BCUT2D eigenvalue weighted by atomic mass is 35.5. The number of nitrogens with zero attached hydrogens (tertiary/aromatic N) is 2. The molecule has 4 rings (SSSR count). The van der Waals surface area contributed by atoms with Crippen LogP contribution in [-0.2, 0) is 0 Å². The summed E-state index contributed by atoms with van der Waals surface area (Å²) in [5.41, 5.74) is 2.37. The van der Waals surface area contributed by atoms with E-state index >= 15 is 0 Å². The highest BCUT2D eigenvalue weighted by molar-refractivity contribution is 6.32. The first-order chi connectivity index (χ1) is 12.3. The van der Waals surface area contributed by atoms with Gasteiger partial charge in [0.25, 0.3) is 0 Å². The maximum atomic E-state index is 6.49. The van der Waals surface area contributed by atoms with Crippen molar-refractivity contribution in [3.63, 3.8) is 0 Å². The van der Waals surface area contributed by atoms with E-state index in [9.17, 15) is 0 Å². The Labute approximate surface area is 150 Å². The largest absolute Gasteiger partial charge is 0.493 e. The molecule has 2 heterocycles. The Morgan fingerprint density at radius 3 is 2.48 bits per heavy atom. The number of ether oxygens (including phenoxy) is 2. The lowest BCUT2D eigenvalue weighted by molar-refractivity contribution is 0.379. The molecule has 0 spiro atoms. The molecule has 0 fully saturated rings. The number of pyridine rings is 1. The van der Waals surface area contributed by atoms with Gasteiger partial charge in [0, 0.05) is 11.8 Å². The summed E-state index contributed by atoms with van der Waals surface area (Å²) in [5, 5.41) is 0.564. The zero-order valence-corrected chi connectivity index (χ0v) is 14.3. The van der Waals surface area contributed by atoms with Crippen LogP contribution in [0.1, 0.15) is 0 Å². The number of fused-ring (bicyclic) bond motifs is 1. The summed E-state index contributed by atoms with van der Waals surface area (Å²) in [4.78, 5) is 4.61. The zero-order valence-electron chi connectivity index (χ0n) is 13.5. The van der Waals surface area contributed by atoms with Crippen LogP contribution in [0.2, 0.25) is 5.15 Å². The van der Waals surface area contributed by atoms with E-state index in [4.69, 9.17) is 21.1 Å². The van der Waals surface area contributed by atoms with Crippen molar-refractivity contribution in [2.45, 2.75) is 0 Å². The second kappa shape index (κ2) is 6.49. The van der Waals surface area contributed by atoms with Gasteiger partial charge in [-0.05, 0) is 42.5 Å². The summed E-state index contributed by atoms with van der Waals surface area (Å²) < 4.78 is 13.2. The molecule has 0 saturated carbocycles.